The molecule has 1 fully saturated rings. The Bertz CT molecular complexity index is 835. The van der Waals surface area contributed by atoms with Crippen molar-refractivity contribution in [3.8, 4) is 0 Å². The fraction of sp³-hybridized carbons (Fsp3) is 0.300. The van der Waals surface area contributed by atoms with Gasteiger partial charge in [-0.2, -0.15) is 0 Å². The number of rotatable bonds is 5. The number of hydrogen-bond donors (Lipinski definition) is 2. The summed E-state index contributed by atoms with van der Waals surface area (Å²) >= 11 is 6.09. The molecule has 1 heterocycles. The Kier molecular flexibility index (Phi) is 6.32. The number of benzene rings is 2. The molecular formula is C20H22ClN3O3. The van der Waals surface area contributed by atoms with Crippen LogP contribution in [0.3, 0.4) is 0 Å². The number of morpholine rings is 1. The summed E-state index contributed by atoms with van der Waals surface area (Å²) in [5, 5.41) is 6.54. The number of anilines is 2. The van der Waals surface area contributed by atoms with Crippen molar-refractivity contribution in [2.45, 2.75) is 6.92 Å². The van der Waals surface area contributed by atoms with E-state index >= 15 is 0 Å². The number of carbonyl (C=O) groups excluding carboxylic acids is 2. The molecule has 27 heavy (non-hydrogen) atoms. The Morgan fingerprint density at radius 2 is 1.89 bits per heavy atom. The Hall–Kier alpha value is -2.57. The second-order valence-corrected chi connectivity index (χ2v) is 6.71. The van der Waals surface area contributed by atoms with E-state index in [4.69, 9.17) is 16.3 Å². The monoisotopic (exact) mass is 387 g/mol. The van der Waals surface area contributed by atoms with Crippen LogP contribution in [0, 0.1) is 6.92 Å². The Morgan fingerprint density at radius 3 is 2.67 bits per heavy atom. The summed E-state index contributed by atoms with van der Waals surface area (Å²) < 4.78 is 5.28. The fourth-order valence-corrected chi connectivity index (χ4v) is 3.03. The summed E-state index contributed by atoms with van der Waals surface area (Å²) in [6, 6.07) is 12.5. The summed E-state index contributed by atoms with van der Waals surface area (Å²) in [6.07, 6.45) is 0. The van der Waals surface area contributed by atoms with Gasteiger partial charge in [-0.3, -0.25) is 9.59 Å². The van der Waals surface area contributed by atoms with Gasteiger partial charge in [-0.25, -0.2) is 0 Å². The molecule has 0 aromatic heterocycles. The lowest BCUT2D eigenvalue weighted by Gasteiger charge is -2.27. The van der Waals surface area contributed by atoms with E-state index in [0.717, 1.165) is 11.3 Å². The summed E-state index contributed by atoms with van der Waals surface area (Å²) in [5.74, 6) is -0.257. The lowest BCUT2D eigenvalue weighted by atomic mass is 10.1. The topological polar surface area (TPSA) is 70.7 Å². The molecular weight excluding hydrogens is 366 g/mol. The third kappa shape index (κ3) is 4.99. The molecule has 0 bridgehead atoms. The van der Waals surface area contributed by atoms with Gasteiger partial charge < -0.3 is 20.3 Å². The van der Waals surface area contributed by atoms with Gasteiger partial charge in [-0.05, 0) is 42.8 Å². The average Bonchev–Trinajstić information content (AvgIpc) is 2.69. The molecule has 1 saturated heterocycles. The van der Waals surface area contributed by atoms with E-state index in [1.807, 2.05) is 19.1 Å². The number of nitrogens with zero attached hydrogens (tertiary/aromatic N) is 1. The predicted octanol–water partition coefficient (Wildman–Crippen LogP) is 3.17. The van der Waals surface area contributed by atoms with Crippen LogP contribution in [0.5, 0.6) is 0 Å². The van der Waals surface area contributed by atoms with E-state index in [-0.39, 0.29) is 18.4 Å². The van der Waals surface area contributed by atoms with Crippen molar-refractivity contribution in [3.05, 3.63) is 58.6 Å². The molecule has 0 unspecified atom stereocenters. The standard InChI is InChI=1S/C20H22ClN3O3/c1-14-17(21)6-3-7-18(14)22-13-19(25)23-16-5-2-4-15(12-16)20(26)24-8-10-27-11-9-24/h2-7,12,22H,8-11,13H2,1H3,(H,23,25). The van der Waals surface area contributed by atoms with Gasteiger partial charge in [0.05, 0.1) is 19.8 Å². The molecule has 0 saturated carbocycles. The van der Waals surface area contributed by atoms with E-state index in [0.29, 0.717) is 42.6 Å². The van der Waals surface area contributed by atoms with Crippen LogP contribution in [0.15, 0.2) is 42.5 Å². The second kappa shape index (κ2) is 8.88. The third-order valence-electron chi connectivity index (χ3n) is 4.40. The Morgan fingerprint density at radius 1 is 1.15 bits per heavy atom. The Balaban J connectivity index is 1.59. The number of nitrogens with one attached hydrogen (secondary N) is 2. The van der Waals surface area contributed by atoms with Gasteiger partial charge in [-0.1, -0.05) is 23.7 Å². The third-order valence-corrected chi connectivity index (χ3v) is 4.81. The molecule has 2 aromatic rings. The quantitative estimate of drug-likeness (QED) is 0.826. The summed E-state index contributed by atoms with van der Waals surface area (Å²) in [7, 11) is 0. The maximum absolute atomic E-state index is 12.6. The van der Waals surface area contributed by atoms with Crippen LogP contribution in [0.4, 0.5) is 11.4 Å². The minimum Gasteiger partial charge on any atom is -0.378 e. The summed E-state index contributed by atoms with van der Waals surface area (Å²) in [4.78, 5) is 26.6. The predicted molar refractivity (Wildman–Crippen MR) is 106 cm³/mol. The first-order valence-electron chi connectivity index (χ1n) is 8.80. The molecule has 2 N–H and O–H groups in total. The van der Waals surface area contributed by atoms with Crippen LogP contribution in [-0.2, 0) is 9.53 Å². The van der Waals surface area contributed by atoms with Crippen LogP contribution in [0.2, 0.25) is 5.02 Å². The van der Waals surface area contributed by atoms with Gasteiger partial charge >= 0.3 is 0 Å². The Labute approximate surface area is 163 Å². The number of carbonyl (C=O) groups is 2. The average molecular weight is 388 g/mol. The van der Waals surface area contributed by atoms with Crippen molar-refractivity contribution in [2.75, 3.05) is 43.5 Å². The number of hydrogen-bond acceptors (Lipinski definition) is 4. The van der Waals surface area contributed by atoms with Gasteiger partial charge in [0.2, 0.25) is 5.91 Å². The van der Waals surface area contributed by atoms with Crippen molar-refractivity contribution >= 4 is 34.8 Å². The fourth-order valence-electron chi connectivity index (χ4n) is 2.86. The van der Waals surface area contributed by atoms with E-state index in [2.05, 4.69) is 10.6 Å². The van der Waals surface area contributed by atoms with Gasteiger partial charge in [0.25, 0.3) is 5.91 Å². The van der Waals surface area contributed by atoms with Crippen molar-refractivity contribution in [1.82, 2.24) is 4.90 Å². The van der Waals surface area contributed by atoms with Crippen molar-refractivity contribution in [1.29, 1.82) is 0 Å². The van der Waals surface area contributed by atoms with Crippen LogP contribution in [0.1, 0.15) is 15.9 Å². The first-order valence-corrected chi connectivity index (χ1v) is 9.18. The molecule has 1 aliphatic heterocycles. The van der Waals surface area contributed by atoms with Crippen molar-refractivity contribution in [2.24, 2.45) is 0 Å². The highest BCUT2D eigenvalue weighted by Crippen LogP contribution is 2.22. The molecule has 2 aromatic carbocycles. The largest absolute Gasteiger partial charge is 0.378 e. The van der Waals surface area contributed by atoms with Crippen LogP contribution >= 0.6 is 11.6 Å². The van der Waals surface area contributed by atoms with E-state index in [1.165, 1.54) is 0 Å². The van der Waals surface area contributed by atoms with Gasteiger partial charge in [0, 0.05) is 35.1 Å². The molecule has 3 rings (SSSR count). The zero-order valence-electron chi connectivity index (χ0n) is 15.1. The molecule has 6 nitrogen and oxygen atoms in total. The minimum atomic E-state index is -0.203. The molecule has 0 radical (unpaired) electrons. The highest BCUT2D eigenvalue weighted by Gasteiger charge is 2.18. The SMILES string of the molecule is Cc1c(Cl)cccc1NCC(=O)Nc1cccc(C(=O)N2CCOCC2)c1. The second-order valence-electron chi connectivity index (χ2n) is 6.30. The maximum Gasteiger partial charge on any atom is 0.254 e. The highest BCUT2D eigenvalue weighted by atomic mass is 35.5. The van der Waals surface area contributed by atoms with E-state index in [9.17, 15) is 9.59 Å². The first kappa shape index (κ1) is 19.2. The lowest BCUT2D eigenvalue weighted by molar-refractivity contribution is -0.114. The molecule has 0 aliphatic carbocycles. The number of ether oxygens (including phenoxy) is 1. The number of amides is 2. The van der Waals surface area contributed by atoms with Gasteiger partial charge in [0.15, 0.2) is 0 Å². The first-order chi connectivity index (χ1) is 13.0. The molecule has 0 spiro atoms. The smallest absolute Gasteiger partial charge is 0.254 e. The normalized spacial score (nSPS) is 13.9. The zero-order chi connectivity index (χ0) is 19.2. The summed E-state index contributed by atoms with van der Waals surface area (Å²) in [6.45, 7) is 4.26. The van der Waals surface area contributed by atoms with Crippen molar-refractivity contribution < 1.29 is 14.3 Å². The van der Waals surface area contributed by atoms with Crippen LogP contribution < -0.4 is 10.6 Å². The van der Waals surface area contributed by atoms with Crippen molar-refractivity contribution in [3.63, 3.8) is 0 Å². The molecule has 7 heteroatoms. The highest BCUT2D eigenvalue weighted by molar-refractivity contribution is 6.31. The minimum absolute atomic E-state index is 0.0536. The van der Waals surface area contributed by atoms with Crippen LogP contribution in [-0.4, -0.2) is 49.6 Å². The molecule has 1 aliphatic rings. The van der Waals surface area contributed by atoms with E-state index < -0.39 is 0 Å². The van der Waals surface area contributed by atoms with Gasteiger partial charge in [0.1, 0.15) is 0 Å². The molecule has 2 amide bonds. The van der Waals surface area contributed by atoms with E-state index in [1.54, 1.807) is 35.2 Å². The van der Waals surface area contributed by atoms with Crippen LogP contribution in [0.25, 0.3) is 0 Å². The maximum atomic E-state index is 12.6. The molecule has 0 atom stereocenters. The zero-order valence-corrected chi connectivity index (χ0v) is 15.9. The summed E-state index contributed by atoms with van der Waals surface area (Å²) in [5.41, 5.74) is 2.84. The number of halogens is 1. The lowest BCUT2D eigenvalue weighted by Crippen LogP contribution is -2.40. The van der Waals surface area contributed by atoms with Gasteiger partial charge in [-0.15, -0.1) is 0 Å². The molecule has 142 valence electrons.